The molecule has 2 aliphatic heterocycles. The monoisotopic (exact) mass is 414 g/mol. The highest BCUT2D eigenvalue weighted by Crippen LogP contribution is 2.42. The summed E-state index contributed by atoms with van der Waals surface area (Å²) in [6.07, 6.45) is 0. The average Bonchev–Trinajstić information content (AvgIpc) is 3.36. The summed E-state index contributed by atoms with van der Waals surface area (Å²) in [4.78, 5) is 12.6. The minimum absolute atomic E-state index is 0.127. The van der Waals surface area contributed by atoms with Crippen molar-refractivity contribution in [2.75, 3.05) is 24.9 Å². The molecule has 0 spiro atoms. The highest BCUT2D eigenvalue weighted by molar-refractivity contribution is 6.36. The Labute approximate surface area is 180 Å². The van der Waals surface area contributed by atoms with Gasteiger partial charge in [0.05, 0.1) is 19.8 Å². The third-order valence-electron chi connectivity index (χ3n) is 5.60. The molecule has 6 heteroatoms. The van der Waals surface area contributed by atoms with Gasteiger partial charge in [-0.05, 0) is 36.4 Å². The number of carbonyl (C=O) groups excluding carboxylic acids is 1. The molecule has 0 aliphatic carbocycles. The maximum atomic E-state index is 12.6. The molecule has 156 valence electrons. The topological polar surface area (TPSA) is 68.8 Å². The number of hydrogen-bond donors (Lipinski definition) is 2. The van der Waals surface area contributed by atoms with Crippen molar-refractivity contribution in [2.24, 2.45) is 0 Å². The lowest BCUT2D eigenvalue weighted by atomic mass is 10.00. The van der Waals surface area contributed by atoms with E-state index in [4.69, 9.17) is 14.2 Å². The lowest BCUT2D eigenvalue weighted by Gasteiger charge is -2.12. The van der Waals surface area contributed by atoms with Crippen LogP contribution in [0.5, 0.6) is 11.5 Å². The van der Waals surface area contributed by atoms with Gasteiger partial charge in [-0.2, -0.15) is 0 Å². The van der Waals surface area contributed by atoms with E-state index in [9.17, 15) is 4.79 Å². The molecule has 5 rings (SSSR count). The van der Waals surface area contributed by atoms with E-state index in [1.54, 1.807) is 14.2 Å². The number of hydrogen-bond acceptors (Lipinski definition) is 5. The first-order chi connectivity index (χ1) is 15.2. The summed E-state index contributed by atoms with van der Waals surface area (Å²) in [5.41, 5.74) is 6.30. The van der Waals surface area contributed by atoms with Crippen LogP contribution in [0.2, 0.25) is 0 Å². The Hall–Kier alpha value is -3.93. The van der Waals surface area contributed by atoms with Gasteiger partial charge in [0.1, 0.15) is 23.9 Å². The Morgan fingerprint density at radius 2 is 1.87 bits per heavy atom. The first-order valence-electron chi connectivity index (χ1n) is 10.0. The predicted molar refractivity (Wildman–Crippen MR) is 120 cm³/mol. The van der Waals surface area contributed by atoms with Crippen molar-refractivity contribution in [3.8, 4) is 11.5 Å². The maximum Gasteiger partial charge on any atom is 0.260 e. The van der Waals surface area contributed by atoms with E-state index in [0.29, 0.717) is 24.5 Å². The fourth-order valence-corrected chi connectivity index (χ4v) is 4.02. The molecule has 0 fully saturated rings. The minimum atomic E-state index is -0.127. The maximum absolute atomic E-state index is 12.6. The fourth-order valence-electron chi connectivity index (χ4n) is 4.02. The van der Waals surface area contributed by atoms with E-state index in [1.807, 2.05) is 54.6 Å². The Balaban J connectivity index is 1.40. The summed E-state index contributed by atoms with van der Waals surface area (Å²) < 4.78 is 16.7. The number of nitrogens with one attached hydrogen (secondary N) is 2. The first-order valence-corrected chi connectivity index (χ1v) is 10.0. The molecule has 2 heterocycles. The molecule has 3 aromatic carbocycles. The summed E-state index contributed by atoms with van der Waals surface area (Å²) in [6.45, 7) is 1.04. The van der Waals surface area contributed by atoms with Gasteiger partial charge >= 0.3 is 0 Å². The number of fused-ring (bicyclic) bond motifs is 2. The van der Waals surface area contributed by atoms with Crippen LogP contribution in [0.1, 0.15) is 22.3 Å². The van der Waals surface area contributed by atoms with E-state index < -0.39 is 0 Å². The number of benzene rings is 3. The number of rotatable bonds is 5. The second-order valence-corrected chi connectivity index (χ2v) is 7.40. The average molecular weight is 414 g/mol. The molecule has 0 radical (unpaired) electrons. The molecule has 31 heavy (non-hydrogen) atoms. The third kappa shape index (κ3) is 3.36. The molecular formula is C25H22N2O4. The summed E-state index contributed by atoms with van der Waals surface area (Å²) in [5.74, 6) is 2.04. The minimum Gasteiger partial charge on any atom is -0.497 e. The van der Waals surface area contributed by atoms with Crippen molar-refractivity contribution in [3.05, 3.63) is 82.9 Å². The van der Waals surface area contributed by atoms with Crippen molar-refractivity contribution < 1.29 is 19.0 Å². The summed E-state index contributed by atoms with van der Waals surface area (Å²) in [6, 6.07) is 19.5. The van der Waals surface area contributed by atoms with Gasteiger partial charge in [0, 0.05) is 46.2 Å². The van der Waals surface area contributed by atoms with Gasteiger partial charge < -0.3 is 24.8 Å². The van der Waals surface area contributed by atoms with Gasteiger partial charge in [-0.15, -0.1) is 0 Å². The van der Waals surface area contributed by atoms with Crippen LogP contribution >= 0.6 is 0 Å². The van der Waals surface area contributed by atoms with Crippen LogP contribution in [0, 0.1) is 0 Å². The van der Waals surface area contributed by atoms with Gasteiger partial charge in [0.2, 0.25) is 0 Å². The lowest BCUT2D eigenvalue weighted by molar-refractivity contribution is -0.110. The zero-order chi connectivity index (χ0) is 21.4. The highest BCUT2D eigenvalue weighted by Gasteiger charge is 2.32. The molecule has 2 N–H and O–H groups in total. The van der Waals surface area contributed by atoms with E-state index in [0.717, 1.165) is 45.1 Å². The van der Waals surface area contributed by atoms with Crippen LogP contribution in [-0.2, 0) is 22.7 Å². The molecular weight excluding hydrogens is 392 g/mol. The second-order valence-electron chi connectivity index (χ2n) is 7.40. The van der Waals surface area contributed by atoms with E-state index >= 15 is 0 Å². The SMILES string of the molecule is COc1ccc(CNc2ccc3c(c2)CO/C3=C2/C(=O)Nc3ccccc32)c(OC)c1. The van der Waals surface area contributed by atoms with E-state index in [2.05, 4.69) is 16.7 Å². The zero-order valence-corrected chi connectivity index (χ0v) is 17.3. The first kappa shape index (κ1) is 19.1. The third-order valence-corrected chi connectivity index (χ3v) is 5.60. The number of anilines is 2. The van der Waals surface area contributed by atoms with E-state index in [-0.39, 0.29) is 5.91 Å². The molecule has 6 nitrogen and oxygen atoms in total. The summed E-state index contributed by atoms with van der Waals surface area (Å²) >= 11 is 0. The lowest BCUT2D eigenvalue weighted by Crippen LogP contribution is -2.05. The molecule has 0 atom stereocenters. The van der Waals surface area contributed by atoms with Crippen LogP contribution in [0.4, 0.5) is 11.4 Å². The number of carbonyl (C=O) groups is 1. The number of methoxy groups -OCH3 is 2. The van der Waals surface area contributed by atoms with Crippen molar-refractivity contribution in [2.45, 2.75) is 13.2 Å². The molecule has 1 amide bonds. The van der Waals surface area contributed by atoms with Crippen molar-refractivity contribution in [1.82, 2.24) is 0 Å². The van der Waals surface area contributed by atoms with Crippen LogP contribution in [0.25, 0.3) is 11.3 Å². The summed E-state index contributed by atoms with van der Waals surface area (Å²) in [7, 11) is 3.29. The molecule has 3 aromatic rings. The number of ether oxygens (including phenoxy) is 3. The molecule has 0 saturated carbocycles. The molecule has 0 saturated heterocycles. The largest absolute Gasteiger partial charge is 0.497 e. The number of para-hydroxylation sites is 1. The quantitative estimate of drug-likeness (QED) is 0.594. The van der Waals surface area contributed by atoms with Gasteiger partial charge in [-0.1, -0.05) is 18.2 Å². The fraction of sp³-hybridized carbons (Fsp3) is 0.160. The Morgan fingerprint density at radius 3 is 2.71 bits per heavy atom. The molecule has 0 unspecified atom stereocenters. The standard InChI is InChI=1S/C25H22N2O4/c1-29-18-9-7-15(22(12-18)30-2)13-26-17-8-10-19-16(11-17)14-31-24(19)23-20-5-3-4-6-21(20)27-25(23)28/h3-12,26H,13-14H2,1-2H3,(H,27,28)/b24-23+. The second kappa shape index (κ2) is 7.72. The van der Waals surface area contributed by atoms with Crippen LogP contribution in [-0.4, -0.2) is 20.1 Å². The molecule has 0 bridgehead atoms. The van der Waals surface area contributed by atoms with Gasteiger partial charge in [-0.3, -0.25) is 4.79 Å². The molecule has 0 aromatic heterocycles. The van der Waals surface area contributed by atoms with Crippen molar-refractivity contribution in [1.29, 1.82) is 0 Å². The molecule has 2 aliphatic rings. The number of amides is 1. The smallest absolute Gasteiger partial charge is 0.260 e. The van der Waals surface area contributed by atoms with Gasteiger partial charge in [0.15, 0.2) is 0 Å². The van der Waals surface area contributed by atoms with Gasteiger partial charge in [-0.25, -0.2) is 0 Å². The zero-order valence-electron chi connectivity index (χ0n) is 17.3. The Bertz CT molecular complexity index is 1220. The van der Waals surface area contributed by atoms with Crippen molar-refractivity contribution >= 4 is 28.6 Å². The Morgan fingerprint density at radius 1 is 1.00 bits per heavy atom. The summed E-state index contributed by atoms with van der Waals surface area (Å²) in [5, 5.41) is 6.35. The van der Waals surface area contributed by atoms with Gasteiger partial charge in [0.25, 0.3) is 5.91 Å². The van der Waals surface area contributed by atoms with E-state index in [1.165, 1.54) is 0 Å². The normalized spacial score (nSPS) is 16.3. The highest BCUT2D eigenvalue weighted by atomic mass is 16.5. The van der Waals surface area contributed by atoms with Crippen LogP contribution in [0.3, 0.4) is 0 Å². The Kier molecular flexibility index (Phi) is 4.75. The van der Waals surface area contributed by atoms with Crippen LogP contribution in [0.15, 0.2) is 60.7 Å². The van der Waals surface area contributed by atoms with Crippen LogP contribution < -0.4 is 20.1 Å². The predicted octanol–water partition coefficient (Wildman–Crippen LogP) is 4.67. The van der Waals surface area contributed by atoms with Crippen molar-refractivity contribution in [3.63, 3.8) is 0 Å².